The van der Waals surface area contributed by atoms with Crippen molar-refractivity contribution in [2.45, 2.75) is 18.2 Å². The van der Waals surface area contributed by atoms with Crippen LogP contribution in [0.25, 0.3) is 0 Å². The second kappa shape index (κ2) is 4.19. The average Bonchev–Trinajstić information content (AvgIpc) is 2.18. The molecule has 0 fully saturated rings. The first-order valence-electron chi connectivity index (χ1n) is 4.02. The maximum atomic E-state index is 11.4. The fraction of sp³-hybridized carbons (Fsp3) is 0.250. The van der Waals surface area contributed by atoms with Crippen molar-refractivity contribution < 1.29 is 13.2 Å². The number of sulfonamides is 1. The van der Waals surface area contributed by atoms with Crippen molar-refractivity contribution in [3.63, 3.8) is 0 Å². The molecule has 0 bridgehead atoms. The van der Waals surface area contributed by atoms with Crippen LogP contribution in [-0.2, 0) is 14.8 Å². The molecule has 0 aliphatic heterocycles. The van der Waals surface area contributed by atoms with Gasteiger partial charge in [-0.05, 0) is 12.1 Å². The summed E-state index contributed by atoms with van der Waals surface area (Å²) in [6.45, 7) is 1.58. The van der Waals surface area contributed by atoms with E-state index in [1.807, 2.05) is 4.72 Å². The number of rotatable bonds is 3. The summed E-state index contributed by atoms with van der Waals surface area (Å²) in [5.74, 6) is -0.533. The van der Waals surface area contributed by atoms with Crippen LogP contribution in [-0.4, -0.2) is 19.3 Å². The SMILES string of the molecule is CCC(=O)NS(=O)(=O)c1cccnc1. The molecule has 0 aliphatic rings. The summed E-state index contributed by atoms with van der Waals surface area (Å²) >= 11 is 0. The Labute approximate surface area is 82.2 Å². The van der Waals surface area contributed by atoms with Crippen LogP contribution < -0.4 is 4.72 Å². The minimum absolute atomic E-state index is 0.0122. The highest BCUT2D eigenvalue weighted by atomic mass is 32.2. The van der Waals surface area contributed by atoms with Crippen LogP contribution in [0.2, 0.25) is 0 Å². The summed E-state index contributed by atoms with van der Waals surface area (Å²) in [4.78, 5) is 14.5. The van der Waals surface area contributed by atoms with Crippen LogP contribution in [0, 0.1) is 0 Å². The lowest BCUT2D eigenvalue weighted by atomic mass is 10.5. The number of hydrogen-bond acceptors (Lipinski definition) is 4. The molecule has 1 N–H and O–H groups in total. The molecular weight excluding hydrogens is 204 g/mol. The first-order chi connectivity index (χ1) is 6.56. The summed E-state index contributed by atoms with van der Waals surface area (Å²) in [6.07, 6.45) is 2.77. The Bertz CT molecular complexity index is 413. The number of aromatic nitrogens is 1. The van der Waals surface area contributed by atoms with Gasteiger partial charge in [-0.3, -0.25) is 9.78 Å². The smallest absolute Gasteiger partial charge is 0.265 e. The normalized spacial score (nSPS) is 10.9. The molecule has 14 heavy (non-hydrogen) atoms. The van der Waals surface area contributed by atoms with Crippen LogP contribution in [0.5, 0.6) is 0 Å². The van der Waals surface area contributed by atoms with E-state index < -0.39 is 15.9 Å². The molecule has 1 rings (SSSR count). The summed E-state index contributed by atoms with van der Waals surface area (Å²) in [5.41, 5.74) is 0. The zero-order valence-corrected chi connectivity index (χ0v) is 8.41. The zero-order valence-electron chi connectivity index (χ0n) is 7.60. The molecule has 0 aliphatic carbocycles. The van der Waals surface area contributed by atoms with E-state index in [2.05, 4.69) is 4.98 Å². The van der Waals surface area contributed by atoms with Crippen molar-refractivity contribution in [3.05, 3.63) is 24.5 Å². The number of carbonyl (C=O) groups excluding carboxylic acids is 1. The van der Waals surface area contributed by atoms with E-state index >= 15 is 0 Å². The maximum absolute atomic E-state index is 11.4. The molecule has 76 valence electrons. The molecule has 5 nitrogen and oxygen atoms in total. The summed E-state index contributed by atoms with van der Waals surface area (Å²) in [5, 5.41) is 0. The topological polar surface area (TPSA) is 76.1 Å². The zero-order chi connectivity index (χ0) is 10.6. The molecule has 1 aromatic rings. The quantitative estimate of drug-likeness (QED) is 0.785. The lowest BCUT2D eigenvalue weighted by molar-refractivity contribution is -0.119. The minimum Gasteiger partial charge on any atom is -0.274 e. The van der Waals surface area contributed by atoms with Gasteiger partial charge >= 0.3 is 0 Å². The Morgan fingerprint density at radius 2 is 2.29 bits per heavy atom. The molecule has 0 radical (unpaired) electrons. The van der Waals surface area contributed by atoms with Gasteiger partial charge in [-0.1, -0.05) is 6.92 Å². The molecule has 1 amide bonds. The standard InChI is InChI=1S/C8H10N2O3S/c1-2-8(11)10-14(12,13)7-4-3-5-9-6-7/h3-6H,2H2,1H3,(H,10,11). The van der Waals surface area contributed by atoms with E-state index in [1.54, 1.807) is 6.92 Å². The second-order valence-corrected chi connectivity index (χ2v) is 4.25. The third-order valence-electron chi connectivity index (χ3n) is 1.51. The second-order valence-electron chi connectivity index (χ2n) is 2.57. The van der Waals surface area contributed by atoms with Gasteiger partial charge < -0.3 is 0 Å². The number of hydrogen-bond donors (Lipinski definition) is 1. The van der Waals surface area contributed by atoms with Crippen LogP contribution in [0.3, 0.4) is 0 Å². The lowest BCUT2D eigenvalue weighted by Gasteiger charge is -2.04. The highest BCUT2D eigenvalue weighted by Gasteiger charge is 2.15. The molecule has 0 spiro atoms. The Morgan fingerprint density at radius 1 is 1.57 bits per heavy atom. The van der Waals surface area contributed by atoms with Gasteiger partial charge in [0.15, 0.2) is 0 Å². The molecule has 6 heteroatoms. The van der Waals surface area contributed by atoms with Gasteiger partial charge in [-0.15, -0.1) is 0 Å². The Balaban J connectivity index is 2.93. The summed E-state index contributed by atoms with van der Waals surface area (Å²) in [7, 11) is -3.73. The van der Waals surface area contributed by atoms with Crippen LogP contribution in [0.1, 0.15) is 13.3 Å². The number of amides is 1. The van der Waals surface area contributed by atoms with Gasteiger partial charge in [-0.25, -0.2) is 13.1 Å². The molecule has 1 aromatic heterocycles. The monoisotopic (exact) mass is 214 g/mol. The highest BCUT2D eigenvalue weighted by Crippen LogP contribution is 2.04. The Hall–Kier alpha value is -1.43. The van der Waals surface area contributed by atoms with Gasteiger partial charge in [-0.2, -0.15) is 0 Å². The van der Waals surface area contributed by atoms with E-state index in [1.165, 1.54) is 24.5 Å². The molecule has 0 atom stereocenters. The Kier molecular flexibility index (Phi) is 3.19. The fourth-order valence-corrected chi connectivity index (χ4v) is 1.81. The minimum atomic E-state index is -3.73. The fourth-order valence-electron chi connectivity index (χ4n) is 0.787. The van der Waals surface area contributed by atoms with Crippen LogP contribution >= 0.6 is 0 Å². The third kappa shape index (κ3) is 2.53. The predicted molar refractivity (Wildman–Crippen MR) is 49.9 cm³/mol. The van der Waals surface area contributed by atoms with Crippen molar-refractivity contribution in [1.82, 2.24) is 9.71 Å². The third-order valence-corrected chi connectivity index (χ3v) is 2.87. The van der Waals surface area contributed by atoms with E-state index in [4.69, 9.17) is 0 Å². The van der Waals surface area contributed by atoms with Crippen molar-refractivity contribution in [1.29, 1.82) is 0 Å². The van der Waals surface area contributed by atoms with Crippen molar-refractivity contribution in [3.8, 4) is 0 Å². The van der Waals surface area contributed by atoms with Crippen molar-refractivity contribution in [2.24, 2.45) is 0 Å². The van der Waals surface area contributed by atoms with Gasteiger partial charge in [0.25, 0.3) is 10.0 Å². The molecule has 0 saturated carbocycles. The van der Waals surface area contributed by atoms with Crippen molar-refractivity contribution in [2.75, 3.05) is 0 Å². The average molecular weight is 214 g/mol. The highest BCUT2D eigenvalue weighted by molar-refractivity contribution is 7.90. The summed E-state index contributed by atoms with van der Waals surface area (Å²) < 4.78 is 24.8. The van der Waals surface area contributed by atoms with Gasteiger partial charge in [0.2, 0.25) is 5.91 Å². The molecular formula is C8H10N2O3S. The van der Waals surface area contributed by atoms with Crippen LogP contribution in [0.4, 0.5) is 0 Å². The number of nitrogens with one attached hydrogen (secondary N) is 1. The first kappa shape index (κ1) is 10.6. The maximum Gasteiger partial charge on any atom is 0.265 e. The van der Waals surface area contributed by atoms with E-state index in [9.17, 15) is 13.2 Å². The summed E-state index contributed by atoms with van der Waals surface area (Å²) in [6, 6.07) is 2.86. The lowest BCUT2D eigenvalue weighted by Crippen LogP contribution is -2.29. The largest absolute Gasteiger partial charge is 0.274 e. The van der Waals surface area contributed by atoms with E-state index in [0.717, 1.165) is 0 Å². The van der Waals surface area contributed by atoms with E-state index in [0.29, 0.717) is 0 Å². The Morgan fingerprint density at radius 3 is 2.79 bits per heavy atom. The molecule has 0 aromatic carbocycles. The van der Waals surface area contributed by atoms with Gasteiger partial charge in [0.05, 0.1) is 0 Å². The number of nitrogens with zero attached hydrogens (tertiary/aromatic N) is 1. The first-order valence-corrected chi connectivity index (χ1v) is 5.50. The van der Waals surface area contributed by atoms with E-state index in [-0.39, 0.29) is 11.3 Å². The van der Waals surface area contributed by atoms with Crippen molar-refractivity contribution >= 4 is 15.9 Å². The molecule has 0 unspecified atom stereocenters. The number of pyridine rings is 1. The molecule has 0 saturated heterocycles. The number of carbonyl (C=O) groups is 1. The van der Waals surface area contributed by atoms with Crippen LogP contribution in [0.15, 0.2) is 29.4 Å². The van der Waals surface area contributed by atoms with Gasteiger partial charge in [0, 0.05) is 18.8 Å². The van der Waals surface area contributed by atoms with Gasteiger partial charge in [0.1, 0.15) is 4.90 Å². The molecule has 1 heterocycles. The predicted octanol–water partition coefficient (Wildman–Crippen LogP) is 0.296.